The molecule has 2 aromatic rings. The van der Waals surface area contributed by atoms with E-state index in [0.717, 1.165) is 0 Å². The minimum Gasteiger partial charge on any atom is -0.493 e. The summed E-state index contributed by atoms with van der Waals surface area (Å²) >= 11 is 0. The van der Waals surface area contributed by atoms with Crippen LogP contribution >= 0.6 is 0 Å². The second-order valence-electron chi connectivity index (χ2n) is 5.53. The van der Waals surface area contributed by atoms with E-state index in [1.165, 1.54) is 31.3 Å². The van der Waals surface area contributed by atoms with Crippen molar-refractivity contribution in [1.29, 1.82) is 0 Å². The van der Waals surface area contributed by atoms with Crippen molar-refractivity contribution in [3.63, 3.8) is 0 Å². The number of hydrogen-bond acceptors (Lipinski definition) is 6. The fourth-order valence-corrected chi connectivity index (χ4v) is 2.89. The molecule has 1 aliphatic heterocycles. The molecule has 8 heteroatoms. The van der Waals surface area contributed by atoms with E-state index >= 15 is 0 Å². The lowest BCUT2D eigenvalue weighted by Gasteiger charge is -2.35. The summed E-state index contributed by atoms with van der Waals surface area (Å²) in [7, 11) is 4.45. The average molecular weight is 343 g/mol. The number of nitro groups is 1. The molecule has 2 aromatic carbocycles. The van der Waals surface area contributed by atoms with E-state index in [9.17, 15) is 14.9 Å². The molecule has 8 nitrogen and oxygen atoms in total. The quantitative estimate of drug-likeness (QED) is 0.678. The molecular weight excluding hydrogens is 326 g/mol. The number of carbonyl (C=O) groups is 1. The van der Waals surface area contributed by atoms with Crippen LogP contribution in [0.5, 0.6) is 11.5 Å². The molecule has 0 aromatic heterocycles. The molecule has 3 rings (SSSR count). The molecule has 1 heterocycles. The molecule has 0 saturated carbocycles. The van der Waals surface area contributed by atoms with Gasteiger partial charge < -0.3 is 19.7 Å². The first-order chi connectivity index (χ1) is 12.0. The Labute approximate surface area is 144 Å². The number of para-hydroxylation sites is 1. The van der Waals surface area contributed by atoms with Crippen LogP contribution in [-0.4, -0.2) is 37.0 Å². The van der Waals surface area contributed by atoms with Gasteiger partial charge in [0.2, 0.25) is 0 Å². The number of rotatable bonds is 4. The number of carbonyl (C=O) groups excluding carboxylic acids is 1. The van der Waals surface area contributed by atoms with Gasteiger partial charge in [0.1, 0.15) is 6.17 Å². The molecule has 25 heavy (non-hydrogen) atoms. The molecule has 1 N–H and O–H groups in total. The molecule has 0 fully saturated rings. The zero-order valence-corrected chi connectivity index (χ0v) is 14.0. The highest BCUT2D eigenvalue weighted by molar-refractivity contribution is 6.01. The first-order valence-electron chi connectivity index (χ1n) is 7.51. The van der Waals surface area contributed by atoms with Crippen LogP contribution in [0.15, 0.2) is 36.4 Å². The van der Waals surface area contributed by atoms with E-state index in [1.807, 2.05) is 0 Å². The zero-order valence-electron chi connectivity index (χ0n) is 14.0. The summed E-state index contributed by atoms with van der Waals surface area (Å²) in [6.07, 6.45) is -0.706. The average Bonchev–Trinajstić information content (AvgIpc) is 2.63. The maximum atomic E-state index is 12.6. The van der Waals surface area contributed by atoms with Crippen LogP contribution in [0.4, 0.5) is 11.4 Å². The van der Waals surface area contributed by atoms with Crippen LogP contribution in [0.3, 0.4) is 0 Å². The van der Waals surface area contributed by atoms with Crippen molar-refractivity contribution in [1.82, 2.24) is 4.90 Å². The van der Waals surface area contributed by atoms with Crippen LogP contribution < -0.4 is 14.8 Å². The Bertz CT molecular complexity index is 852. The Balaban J connectivity index is 2.15. The molecule has 0 bridgehead atoms. The molecule has 0 spiro atoms. The monoisotopic (exact) mass is 343 g/mol. The summed E-state index contributed by atoms with van der Waals surface area (Å²) < 4.78 is 10.4. The molecule has 1 unspecified atom stereocenters. The van der Waals surface area contributed by atoms with E-state index < -0.39 is 11.1 Å². The van der Waals surface area contributed by atoms with Crippen molar-refractivity contribution < 1.29 is 19.2 Å². The number of nitro benzene ring substituents is 1. The fourth-order valence-electron chi connectivity index (χ4n) is 2.89. The third-order valence-electron chi connectivity index (χ3n) is 4.18. The van der Waals surface area contributed by atoms with Crippen LogP contribution in [0, 0.1) is 10.1 Å². The molecule has 130 valence electrons. The fraction of sp³-hybridized carbons (Fsp3) is 0.235. The smallest absolute Gasteiger partial charge is 0.280 e. The Kier molecular flexibility index (Phi) is 4.18. The first kappa shape index (κ1) is 16.6. The largest absolute Gasteiger partial charge is 0.493 e. The van der Waals surface area contributed by atoms with Crippen molar-refractivity contribution in [2.45, 2.75) is 6.17 Å². The lowest BCUT2D eigenvalue weighted by atomic mass is 10.0. The predicted octanol–water partition coefficient (Wildman–Crippen LogP) is 2.81. The van der Waals surface area contributed by atoms with E-state index in [0.29, 0.717) is 22.6 Å². The highest BCUT2D eigenvalue weighted by atomic mass is 16.6. The normalized spacial score (nSPS) is 16.0. The van der Waals surface area contributed by atoms with Gasteiger partial charge in [-0.15, -0.1) is 0 Å². The number of fused-ring (bicyclic) bond motifs is 1. The molecule has 0 radical (unpaired) electrons. The second kappa shape index (κ2) is 6.31. The molecule has 0 aliphatic carbocycles. The van der Waals surface area contributed by atoms with Gasteiger partial charge in [0.05, 0.1) is 36.3 Å². The SMILES string of the molecule is COc1cc(C2Nc3ccccc3C(=O)N2C)c([N+](=O)[O-])cc1OC. The zero-order chi connectivity index (χ0) is 18.1. The number of anilines is 1. The number of nitrogens with zero attached hydrogens (tertiary/aromatic N) is 2. The number of nitrogens with one attached hydrogen (secondary N) is 1. The molecule has 1 atom stereocenters. The van der Waals surface area contributed by atoms with Crippen molar-refractivity contribution in [2.75, 3.05) is 26.6 Å². The summed E-state index contributed by atoms with van der Waals surface area (Å²) in [5.41, 5.74) is 1.30. The summed E-state index contributed by atoms with van der Waals surface area (Å²) in [6, 6.07) is 9.86. The van der Waals surface area contributed by atoms with Crippen molar-refractivity contribution in [3.05, 3.63) is 57.6 Å². The van der Waals surface area contributed by atoms with Gasteiger partial charge in [0.25, 0.3) is 11.6 Å². The number of methoxy groups -OCH3 is 2. The Morgan fingerprint density at radius 2 is 1.80 bits per heavy atom. The number of hydrogen-bond donors (Lipinski definition) is 1. The summed E-state index contributed by atoms with van der Waals surface area (Å²) in [4.78, 5) is 25.1. The standard InChI is InChI=1S/C17H17N3O5/c1-19-16(18-12-7-5-4-6-10(12)17(19)21)11-8-14(24-2)15(25-3)9-13(11)20(22)23/h4-9,16,18H,1-3H3. The minimum atomic E-state index is -0.706. The molecular formula is C17H17N3O5. The van der Waals surface area contributed by atoms with Crippen molar-refractivity contribution in [2.24, 2.45) is 0 Å². The predicted molar refractivity (Wildman–Crippen MR) is 91.1 cm³/mol. The van der Waals surface area contributed by atoms with Crippen molar-refractivity contribution >= 4 is 17.3 Å². The lowest BCUT2D eigenvalue weighted by Crippen LogP contribution is -2.40. The maximum Gasteiger partial charge on any atom is 0.280 e. The number of amides is 1. The third kappa shape index (κ3) is 2.71. The molecule has 1 amide bonds. The van der Waals surface area contributed by atoms with Gasteiger partial charge in [-0.1, -0.05) is 12.1 Å². The van der Waals surface area contributed by atoms with Gasteiger partial charge in [0, 0.05) is 12.7 Å². The topological polar surface area (TPSA) is 93.9 Å². The lowest BCUT2D eigenvalue weighted by molar-refractivity contribution is -0.385. The summed E-state index contributed by atoms with van der Waals surface area (Å²) in [6.45, 7) is 0. The van der Waals surface area contributed by atoms with Gasteiger partial charge in [-0.05, 0) is 18.2 Å². The number of benzene rings is 2. The Hall–Kier alpha value is -3.29. The molecule has 1 aliphatic rings. The summed E-state index contributed by atoms with van der Waals surface area (Å²) in [5, 5.41) is 14.7. The van der Waals surface area contributed by atoms with E-state index in [1.54, 1.807) is 31.3 Å². The summed E-state index contributed by atoms with van der Waals surface area (Å²) in [5.74, 6) is 0.385. The van der Waals surface area contributed by atoms with Gasteiger partial charge in [-0.25, -0.2) is 0 Å². The van der Waals surface area contributed by atoms with E-state index in [2.05, 4.69) is 5.32 Å². The van der Waals surface area contributed by atoms with Crippen molar-refractivity contribution in [3.8, 4) is 11.5 Å². The third-order valence-corrected chi connectivity index (χ3v) is 4.18. The van der Waals surface area contributed by atoms with E-state index in [-0.39, 0.29) is 17.3 Å². The molecule has 0 saturated heterocycles. The van der Waals surface area contributed by atoms with Gasteiger partial charge in [0.15, 0.2) is 11.5 Å². The van der Waals surface area contributed by atoms with E-state index in [4.69, 9.17) is 9.47 Å². The Morgan fingerprint density at radius 3 is 2.44 bits per heavy atom. The number of ether oxygens (including phenoxy) is 2. The van der Waals surface area contributed by atoms with Crippen LogP contribution in [0.1, 0.15) is 22.1 Å². The van der Waals surface area contributed by atoms with Crippen LogP contribution in [0.2, 0.25) is 0 Å². The first-order valence-corrected chi connectivity index (χ1v) is 7.51. The highest BCUT2D eigenvalue weighted by Gasteiger charge is 2.35. The van der Waals surface area contributed by atoms with Gasteiger partial charge in [-0.3, -0.25) is 14.9 Å². The van der Waals surface area contributed by atoms with Gasteiger partial charge >= 0.3 is 0 Å². The van der Waals surface area contributed by atoms with Gasteiger partial charge in [-0.2, -0.15) is 0 Å². The minimum absolute atomic E-state index is 0.158. The highest BCUT2D eigenvalue weighted by Crippen LogP contribution is 2.41. The Morgan fingerprint density at radius 1 is 1.16 bits per heavy atom. The van der Waals surface area contributed by atoms with Crippen LogP contribution in [-0.2, 0) is 0 Å². The second-order valence-corrected chi connectivity index (χ2v) is 5.53. The maximum absolute atomic E-state index is 12.6. The van der Waals surface area contributed by atoms with Crippen LogP contribution in [0.25, 0.3) is 0 Å².